The third kappa shape index (κ3) is 5.52. The molecule has 0 heterocycles. The Hall–Kier alpha value is -2.98. The van der Waals surface area contributed by atoms with E-state index < -0.39 is 40.7 Å². The molecule has 0 spiro atoms. The molecule has 0 radical (unpaired) electrons. The maximum atomic E-state index is 13.0. The molecule has 0 saturated carbocycles. The summed E-state index contributed by atoms with van der Waals surface area (Å²) in [5, 5.41) is 0. The van der Waals surface area contributed by atoms with Gasteiger partial charge in [-0.2, -0.15) is 4.31 Å². The quantitative estimate of drug-likeness (QED) is 0.447. The van der Waals surface area contributed by atoms with Crippen LogP contribution < -0.4 is 9.47 Å². The molecule has 0 aromatic heterocycles. The Morgan fingerprint density at radius 3 is 2.28 bits per heavy atom. The first-order valence-corrected chi connectivity index (χ1v) is 9.75. The summed E-state index contributed by atoms with van der Waals surface area (Å²) < 4.78 is 53.6. The first kappa shape index (κ1) is 22.3. The fourth-order valence-corrected chi connectivity index (χ4v) is 3.47. The highest BCUT2D eigenvalue weighted by molar-refractivity contribution is 7.89. The van der Waals surface area contributed by atoms with Gasteiger partial charge in [-0.25, -0.2) is 12.8 Å². The van der Waals surface area contributed by atoms with Crippen LogP contribution in [0.1, 0.15) is 10.4 Å². The number of esters is 1. The minimum absolute atomic E-state index is 0.173. The number of hydrogen-bond donors (Lipinski definition) is 0. The number of ether oxygens (including phenoxy) is 3. The summed E-state index contributed by atoms with van der Waals surface area (Å²) in [6.45, 7) is -1.21. The SMILES string of the molecule is COc1ccc(C(=O)COC(=O)CN(C)S(=O)(=O)c2ccc(F)cc2)c(OC)c1. The summed E-state index contributed by atoms with van der Waals surface area (Å²) in [6, 6.07) is 8.72. The van der Waals surface area contributed by atoms with E-state index in [4.69, 9.17) is 14.2 Å². The number of ketones is 1. The first-order valence-electron chi connectivity index (χ1n) is 8.31. The van der Waals surface area contributed by atoms with Crippen LogP contribution in [0.2, 0.25) is 0 Å². The van der Waals surface area contributed by atoms with Gasteiger partial charge in [0.1, 0.15) is 23.9 Å². The summed E-state index contributed by atoms with van der Waals surface area (Å²) in [7, 11) is 0.0106. The van der Waals surface area contributed by atoms with Crippen LogP contribution in [0.5, 0.6) is 11.5 Å². The molecule has 0 aliphatic rings. The van der Waals surface area contributed by atoms with Crippen molar-refractivity contribution >= 4 is 21.8 Å². The van der Waals surface area contributed by atoms with Gasteiger partial charge in [-0.1, -0.05) is 0 Å². The average molecular weight is 425 g/mol. The third-order valence-corrected chi connectivity index (χ3v) is 5.76. The Morgan fingerprint density at radius 2 is 1.69 bits per heavy atom. The molecule has 2 rings (SSSR count). The van der Waals surface area contributed by atoms with Crippen molar-refractivity contribution in [3.63, 3.8) is 0 Å². The smallest absolute Gasteiger partial charge is 0.321 e. The van der Waals surface area contributed by atoms with E-state index in [9.17, 15) is 22.4 Å². The average Bonchev–Trinajstić information content (AvgIpc) is 2.71. The second-order valence-electron chi connectivity index (χ2n) is 5.87. The molecule has 10 heteroatoms. The molecular formula is C19H20FNO7S. The van der Waals surface area contributed by atoms with E-state index in [1.807, 2.05) is 0 Å². The zero-order valence-electron chi connectivity index (χ0n) is 16.0. The molecule has 0 fully saturated rings. The fourth-order valence-electron chi connectivity index (χ4n) is 2.35. The van der Waals surface area contributed by atoms with Crippen LogP contribution in [0.15, 0.2) is 47.4 Å². The van der Waals surface area contributed by atoms with Gasteiger partial charge in [0.05, 0.1) is 24.7 Å². The highest BCUT2D eigenvalue weighted by Crippen LogP contribution is 2.25. The fraction of sp³-hybridized carbons (Fsp3) is 0.263. The van der Waals surface area contributed by atoms with E-state index in [0.717, 1.165) is 28.6 Å². The largest absolute Gasteiger partial charge is 0.497 e. The van der Waals surface area contributed by atoms with Gasteiger partial charge in [0.25, 0.3) is 0 Å². The van der Waals surface area contributed by atoms with E-state index in [2.05, 4.69) is 0 Å². The lowest BCUT2D eigenvalue weighted by Gasteiger charge is -2.16. The van der Waals surface area contributed by atoms with Gasteiger partial charge in [0.15, 0.2) is 6.61 Å². The van der Waals surface area contributed by atoms with Gasteiger partial charge in [-0.3, -0.25) is 9.59 Å². The Morgan fingerprint density at radius 1 is 1.03 bits per heavy atom. The number of hydrogen-bond acceptors (Lipinski definition) is 7. The zero-order chi connectivity index (χ0) is 21.6. The lowest BCUT2D eigenvalue weighted by Crippen LogP contribution is -2.33. The number of nitrogens with zero attached hydrogens (tertiary/aromatic N) is 1. The molecule has 0 atom stereocenters. The summed E-state index contributed by atoms with van der Waals surface area (Å²) in [5.41, 5.74) is 0.188. The number of carbonyl (C=O) groups excluding carboxylic acids is 2. The molecule has 0 saturated heterocycles. The second kappa shape index (κ2) is 9.48. The number of rotatable bonds is 9. The molecule has 0 aliphatic heterocycles. The molecule has 156 valence electrons. The van der Waals surface area contributed by atoms with Crippen molar-refractivity contribution in [3.8, 4) is 11.5 Å². The van der Waals surface area contributed by atoms with E-state index in [-0.39, 0.29) is 16.2 Å². The molecule has 0 N–H and O–H groups in total. The third-order valence-electron chi connectivity index (χ3n) is 3.95. The summed E-state index contributed by atoms with van der Waals surface area (Å²) in [5.74, 6) is -1.29. The van der Waals surface area contributed by atoms with Crippen LogP contribution in [-0.4, -0.2) is 58.9 Å². The van der Waals surface area contributed by atoms with Crippen molar-refractivity contribution in [3.05, 3.63) is 53.8 Å². The number of carbonyl (C=O) groups is 2. The highest BCUT2D eigenvalue weighted by Gasteiger charge is 2.24. The van der Waals surface area contributed by atoms with Gasteiger partial charge in [0.2, 0.25) is 15.8 Å². The predicted molar refractivity (Wildman–Crippen MR) is 101 cm³/mol. The number of halogens is 1. The minimum Gasteiger partial charge on any atom is -0.497 e. The number of benzene rings is 2. The zero-order valence-corrected chi connectivity index (χ0v) is 16.9. The summed E-state index contributed by atoms with van der Waals surface area (Å²) in [4.78, 5) is 24.1. The molecule has 0 unspecified atom stereocenters. The second-order valence-corrected chi connectivity index (χ2v) is 7.91. The molecular weight excluding hydrogens is 405 g/mol. The van der Waals surface area contributed by atoms with Crippen LogP contribution in [0.3, 0.4) is 0 Å². The van der Waals surface area contributed by atoms with Crippen LogP contribution in [0.4, 0.5) is 4.39 Å². The number of Topliss-reactive ketones (excluding diaryl/α,β-unsaturated/α-hetero) is 1. The van der Waals surface area contributed by atoms with Crippen LogP contribution in [0, 0.1) is 5.82 Å². The monoisotopic (exact) mass is 425 g/mol. The lowest BCUT2D eigenvalue weighted by atomic mass is 10.1. The van der Waals surface area contributed by atoms with Gasteiger partial charge >= 0.3 is 5.97 Å². The van der Waals surface area contributed by atoms with Gasteiger partial charge in [-0.15, -0.1) is 0 Å². The van der Waals surface area contributed by atoms with Crippen molar-refractivity contribution < 1.29 is 36.6 Å². The van der Waals surface area contributed by atoms with Crippen molar-refractivity contribution in [2.24, 2.45) is 0 Å². The molecule has 2 aromatic rings. The van der Waals surface area contributed by atoms with E-state index in [0.29, 0.717) is 5.75 Å². The van der Waals surface area contributed by atoms with Crippen molar-refractivity contribution in [1.82, 2.24) is 4.31 Å². The van der Waals surface area contributed by atoms with Crippen molar-refractivity contribution in [2.75, 3.05) is 34.4 Å². The van der Waals surface area contributed by atoms with Gasteiger partial charge in [-0.05, 0) is 36.4 Å². The highest BCUT2D eigenvalue weighted by atomic mass is 32.2. The maximum Gasteiger partial charge on any atom is 0.321 e. The molecule has 0 amide bonds. The Kier molecular flexibility index (Phi) is 7.29. The van der Waals surface area contributed by atoms with Gasteiger partial charge < -0.3 is 14.2 Å². The summed E-state index contributed by atoms with van der Waals surface area (Å²) >= 11 is 0. The predicted octanol–water partition coefficient (Wildman–Crippen LogP) is 1.89. The van der Waals surface area contributed by atoms with E-state index in [1.54, 1.807) is 6.07 Å². The van der Waals surface area contributed by atoms with E-state index >= 15 is 0 Å². The first-order chi connectivity index (χ1) is 13.7. The molecule has 0 bridgehead atoms. The number of methoxy groups -OCH3 is 2. The van der Waals surface area contributed by atoms with Crippen molar-refractivity contribution in [1.29, 1.82) is 0 Å². The molecule has 2 aromatic carbocycles. The Balaban J connectivity index is 1.99. The Bertz CT molecular complexity index is 990. The summed E-state index contributed by atoms with van der Waals surface area (Å²) in [6.07, 6.45) is 0. The topological polar surface area (TPSA) is 99.2 Å². The number of sulfonamides is 1. The van der Waals surface area contributed by atoms with Gasteiger partial charge in [0, 0.05) is 13.1 Å². The normalized spacial score (nSPS) is 11.2. The van der Waals surface area contributed by atoms with Crippen LogP contribution in [-0.2, 0) is 19.6 Å². The lowest BCUT2D eigenvalue weighted by molar-refractivity contribution is -0.142. The van der Waals surface area contributed by atoms with Crippen LogP contribution >= 0.6 is 0 Å². The standard InChI is InChI=1S/C19H20FNO7S/c1-21(29(24,25)15-7-4-13(20)5-8-15)11-19(23)28-12-17(22)16-9-6-14(26-2)10-18(16)27-3/h4-10H,11-12H2,1-3H3. The Labute approximate surface area is 167 Å². The van der Waals surface area contributed by atoms with Crippen LogP contribution in [0.25, 0.3) is 0 Å². The molecule has 29 heavy (non-hydrogen) atoms. The molecule has 0 aliphatic carbocycles. The van der Waals surface area contributed by atoms with E-state index in [1.165, 1.54) is 33.4 Å². The minimum atomic E-state index is -4.01. The molecule has 8 nitrogen and oxygen atoms in total. The maximum absolute atomic E-state index is 13.0. The van der Waals surface area contributed by atoms with Crippen molar-refractivity contribution in [2.45, 2.75) is 4.90 Å². The number of likely N-dealkylation sites (N-methyl/N-ethyl adjacent to an activating group) is 1.